The van der Waals surface area contributed by atoms with Crippen molar-refractivity contribution in [3.8, 4) is 0 Å². The monoisotopic (exact) mass is 254 g/mol. The minimum Gasteiger partial charge on any atom is -0.375 e. The summed E-state index contributed by atoms with van der Waals surface area (Å²) in [6, 6.07) is 7.58. The summed E-state index contributed by atoms with van der Waals surface area (Å²) in [6.07, 6.45) is 0. The Morgan fingerprint density at radius 1 is 1.25 bits per heavy atom. The van der Waals surface area contributed by atoms with Crippen molar-refractivity contribution in [3.63, 3.8) is 0 Å². The first-order valence-corrected chi connectivity index (χ1v) is 6.02. The van der Waals surface area contributed by atoms with E-state index in [4.69, 9.17) is 22.1 Å². The number of benzene rings is 1. The normalized spacial score (nSPS) is 10.6. The van der Waals surface area contributed by atoms with E-state index in [1.807, 2.05) is 29.6 Å². The maximum absolute atomic E-state index is 5.78. The summed E-state index contributed by atoms with van der Waals surface area (Å²) in [5.74, 6) is 0. The van der Waals surface area contributed by atoms with Gasteiger partial charge in [0.25, 0.3) is 0 Å². The Kier molecular flexibility index (Phi) is 3.77. The zero-order valence-electron chi connectivity index (χ0n) is 8.52. The number of thiazole rings is 1. The average Bonchev–Trinajstić information content (AvgIpc) is 2.67. The third-order valence-corrected chi connectivity index (χ3v) is 2.98. The van der Waals surface area contributed by atoms with E-state index < -0.39 is 0 Å². The van der Waals surface area contributed by atoms with Crippen LogP contribution >= 0.6 is 22.9 Å². The molecule has 0 radical (unpaired) electrons. The van der Waals surface area contributed by atoms with E-state index >= 15 is 0 Å². The minimum absolute atomic E-state index is 0.482. The fourth-order valence-electron chi connectivity index (χ4n) is 1.24. The van der Waals surface area contributed by atoms with Gasteiger partial charge in [0.15, 0.2) is 5.13 Å². The molecular formula is C11H11ClN2OS. The third-order valence-electron chi connectivity index (χ3n) is 2.00. The molecule has 0 saturated heterocycles. The smallest absolute Gasteiger partial charge is 0.180 e. The maximum atomic E-state index is 5.78. The Balaban J connectivity index is 1.82. The second-order valence-corrected chi connectivity index (χ2v) is 4.62. The number of hydrogen-bond acceptors (Lipinski definition) is 4. The molecule has 0 aliphatic rings. The van der Waals surface area contributed by atoms with Gasteiger partial charge >= 0.3 is 0 Å². The van der Waals surface area contributed by atoms with Gasteiger partial charge in [0, 0.05) is 10.4 Å². The number of nitrogens with zero attached hydrogens (tertiary/aromatic N) is 1. The largest absolute Gasteiger partial charge is 0.375 e. The lowest BCUT2D eigenvalue weighted by molar-refractivity contribution is 0.105. The summed E-state index contributed by atoms with van der Waals surface area (Å²) in [5, 5.41) is 3.21. The molecule has 3 nitrogen and oxygen atoms in total. The van der Waals surface area contributed by atoms with E-state index in [-0.39, 0.29) is 0 Å². The molecule has 1 aromatic carbocycles. The third kappa shape index (κ3) is 3.20. The van der Waals surface area contributed by atoms with Crippen LogP contribution in [-0.2, 0) is 18.0 Å². The summed E-state index contributed by atoms with van der Waals surface area (Å²) >= 11 is 7.20. The number of aromatic nitrogens is 1. The Morgan fingerprint density at radius 3 is 2.62 bits per heavy atom. The van der Waals surface area contributed by atoms with Crippen LogP contribution in [0.5, 0.6) is 0 Å². The van der Waals surface area contributed by atoms with Gasteiger partial charge in [-0.3, -0.25) is 0 Å². The SMILES string of the molecule is Nc1nc(COCc2ccc(Cl)cc2)cs1. The number of hydrogen-bond donors (Lipinski definition) is 1. The molecule has 84 valence electrons. The zero-order chi connectivity index (χ0) is 11.4. The van der Waals surface area contributed by atoms with Gasteiger partial charge in [-0.05, 0) is 17.7 Å². The summed E-state index contributed by atoms with van der Waals surface area (Å²) < 4.78 is 5.50. The topological polar surface area (TPSA) is 48.1 Å². The molecule has 0 amide bonds. The molecule has 2 aromatic rings. The fraction of sp³-hybridized carbons (Fsp3) is 0.182. The van der Waals surface area contributed by atoms with Crippen molar-refractivity contribution in [2.45, 2.75) is 13.2 Å². The summed E-state index contributed by atoms with van der Waals surface area (Å²) in [6.45, 7) is 1.03. The Hall–Kier alpha value is -1.10. The molecule has 1 heterocycles. The van der Waals surface area contributed by atoms with Gasteiger partial charge in [-0.15, -0.1) is 11.3 Å². The van der Waals surface area contributed by atoms with Crippen molar-refractivity contribution in [2.24, 2.45) is 0 Å². The maximum Gasteiger partial charge on any atom is 0.180 e. The van der Waals surface area contributed by atoms with Crippen LogP contribution < -0.4 is 5.73 Å². The molecule has 0 bridgehead atoms. The molecule has 16 heavy (non-hydrogen) atoms. The van der Waals surface area contributed by atoms with Crippen LogP contribution in [0.25, 0.3) is 0 Å². The van der Waals surface area contributed by atoms with Gasteiger partial charge in [-0.1, -0.05) is 23.7 Å². The molecule has 0 fully saturated rings. The van der Waals surface area contributed by atoms with E-state index in [0.29, 0.717) is 18.3 Å². The van der Waals surface area contributed by atoms with Crippen LogP contribution in [0.4, 0.5) is 5.13 Å². The average molecular weight is 255 g/mol. The molecule has 0 spiro atoms. The lowest BCUT2D eigenvalue weighted by Gasteiger charge is -2.02. The van der Waals surface area contributed by atoms with Gasteiger partial charge in [0.05, 0.1) is 18.9 Å². The van der Waals surface area contributed by atoms with Crippen molar-refractivity contribution < 1.29 is 4.74 Å². The first-order valence-electron chi connectivity index (χ1n) is 4.76. The lowest BCUT2D eigenvalue weighted by atomic mass is 10.2. The molecule has 1 aromatic heterocycles. The zero-order valence-corrected chi connectivity index (χ0v) is 10.1. The van der Waals surface area contributed by atoms with E-state index in [0.717, 1.165) is 16.3 Å². The van der Waals surface area contributed by atoms with Crippen molar-refractivity contribution in [3.05, 3.63) is 45.9 Å². The van der Waals surface area contributed by atoms with E-state index in [1.54, 1.807) is 0 Å². The van der Waals surface area contributed by atoms with Crippen molar-refractivity contribution in [1.29, 1.82) is 0 Å². The fourth-order valence-corrected chi connectivity index (χ4v) is 1.92. The van der Waals surface area contributed by atoms with E-state index in [2.05, 4.69) is 4.98 Å². The van der Waals surface area contributed by atoms with Gasteiger partial charge in [0.1, 0.15) is 0 Å². The second-order valence-electron chi connectivity index (χ2n) is 3.30. The van der Waals surface area contributed by atoms with Crippen LogP contribution in [-0.4, -0.2) is 4.98 Å². The standard InChI is InChI=1S/C11H11ClN2OS/c12-9-3-1-8(2-4-9)5-15-6-10-7-16-11(13)14-10/h1-4,7H,5-6H2,(H2,13,14). The molecule has 0 atom stereocenters. The highest BCUT2D eigenvalue weighted by molar-refractivity contribution is 7.13. The molecule has 0 saturated carbocycles. The predicted octanol–water partition coefficient (Wildman–Crippen LogP) is 3.10. The highest BCUT2D eigenvalue weighted by Gasteiger charge is 1.99. The Bertz CT molecular complexity index is 455. The number of ether oxygens (including phenoxy) is 1. The van der Waals surface area contributed by atoms with Crippen LogP contribution in [0.2, 0.25) is 5.02 Å². The van der Waals surface area contributed by atoms with Gasteiger partial charge in [0.2, 0.25) is 0 Å². The second kappa shape index (κ2) is 5.30. The van der Waals surface area contributed by atoms with Crippen LogP contribution in [0, 0.1) is 0 Å². The predicted molar refractivity (Wildman–Crippen MR) is 66.5 cm³/mol. The minimum atomic E-state index is 0.482. The molecule has 0 aliphatic heterocycles. The van der Waals surface area contributed by atoms with Crippen LogP contribution in [0.1, 0.15) is 11.3 Å². The van der Waals surface area contributed by atoms with Gasteiger partial charge < -0.3 is 10.5 Å². The first kappa shape index (κ1) is 11.4. The van der Waals surface area contributed by atoms with Crippen molar-refractivity contribution >= 4 is 28.1 Å². The van der Waals surface area contributed by atoms with Crippen molar-refractivity contribution in [1.82, 2.24) is 4.98 Å². The molecule has 0 unspecified atom stereocenters. The molecule has 2 N–H and O–H groups in total. The molecule has 2 rings (SSSR count). The highest BCUT2D eigenvalue weighted by Crippen LogP contribution is 2.14. The number of nitrogen functional groups attached to an aromatic ring is 1. The summed E-state index contributed by atoms with van der Waals surface area (Å²) in [4.78, 5) is 4.11. The number of rotatable bonds is 4. The molecular weight excluding hydrogens is 244 g/mol. The van der Waals surface area contributed by atoms with E-state index in [9.17, 15) is 0 Å². The highest BCUT2D eigenvalue weighted by atomic mass is 35.5. The summed E-state index contributed by atoms with van der Waals surface area (Å²) in [5.41, 5.74) is 7.48. The van der Waals surface area contributed by atoms with Gasteiger partial charge in [-0.2, -0.15) is 0 Å². The molecule has 5 heteroatoms. The Morgan fingerprint density at radius 2 is 2.00 bits per heavy atom. The van der Waals surface area contributed by atoms with Crippen LogP contribution in [0.3, 0.4) is 0 Å². The number of anilines is 1. The number of nitrogens with two attached hydrogens (primary N) is 1. The molecule has 0 aliphatic carbocycles. The lowest BCUT2D eigenvalue weighted by Crippen LogP contribution is -1.94. The van der Waals surface area contributed by atoms with Crippen LogP contribution in [0.15, 0.2) is 29.6 Å². The first-order chi connectivity index (χ1) is 7.74. The summed E-state index contributed by atoms with van der Waals surface area (Å²) in [7, 11) is 0. The number of halogens is 1. The van der Waals surface area contributed by atoms with Crippen molar-refractivity contribution in [2.75, 3.05) is 5.73 Å². The quantitative estimate of drug-likeness (QED) is 0.912. The van der Waals surface area contributed by atoms with Gasteiger partial charge in [-0.25, -0.2) is 4.98 Å². The van der Waals surface area contributed by atoms with E-state index in [1.165, 1.54) is 11.3 Å². The Labute approximate surface area is 103 Å².